The highest BCUT2D eigenvalue weighted by molar-refractivity contribution is 7.19. The van der Waals surface area contributed by atoms with Crippen LogP contribution in [0.4, 0.5) is 14.3 Å². The van der Waals surface area contributed by atoms with E-state index in [1.54, 1.807) is 29.3 Å². The number of halogens is 1. The van der Waals surface area contributed by atoms with Crippen molar-refractivity contribution in [2.75, 3.05) is 18.4 Å². The zero-order chi connectivity index (χ0) is 15.5. The quantitative estimate of drug-likeness (QED) is 0.894. The number of benzene rings is 1. The minimum atomic E-state index is -0.323. The van der Waals surface area contributed by atoms with E-state index in [9.17, 15) is 14.3 Å². The molecule has 1 aromatic carbocycles. The van der Waals surface area contributed by atoms with Gasteiger partial charge >= 0.3 is 6.03 Å². The maximum absolute atomic E-state index is 13.7. The van der Waals surface area contributed by atoms with Crippen molar-refractivity contribution in [3.05, 3.63) is 36.3 Å². The first kappa shape index (κ1) is 14.9. The Hall–Kier alpha value is -1.99. The molecule has 2 N–H and O–H groups in total. The van der Waals surface area contributed by atoms with Crippen LogP contribution in [-0.4, -0.2) is 40.2 Å². The van der Waals surface area contributed by atoms with Gasteiger partial charge in [0.15, 0.2) is 5.13 Å². The highest BCUT2D eigenvalue weighted by Gasteiger charge is 2.22. The highest BCUT2D eigenvalue weighted by atomic mass is 32.1. The number of likely N-dealkylation sites (tertiary alicyclic amines) is 1. The van der Waals surface area contributed by atoms with Crippen molar-refractivity contribution in [2.24, 2.45) is 0 Å². The Morgan fingerprint density at radius 3 is 2.82 bits per heavy atom. The normalized spacial score (nSPS) is 15.8. The minimum Gasteiger partial charge on any atom is -0.393 e. The first-order valence-corrected chi connectivity index (χ1v) is 7.90. The van der Waals surface area contributed by atoms with Gasteiger partial charge < -0.3 is 10.0 Å². The number of carbonyl (C=O) groups excluding carboxylic acids is 1. The van der Waals surface area contributed by atoms with Gasteiger partial charge in [0, 0.05) is 24.8 Å². The smallest absolute Gasteiger partial charge is 0.323 e. The summed E-state index contributed by atoms with van der Waals surface area (Å²) in [6.07, 6.45) is 2.41. The van der Waals surface area contributed by atoms with E-state index >= 15 is 0 Å². The molecule has 0 radical (unpaired) electrons. The lowest BCUT2D eigenvalue weighted by molar-refractivity contribution is 0.0972. The summed E-state index contributed by atoms with van der Waals surface area (Å²) in [5.74, 6) is -0.311. The third-order valence-electron chi connectivity index (χ3n) is 3.61. The lowest BCUT2D eigenvalue weighted by atomic mass is 10.1. The average Bonchev–Trinajstić information content (AvgIpc) is 2.96. The number of carbonyl (C=O) groups is 1. The van der Waals surface area contributed by atoms with Gasteiger partial charge in [0.1, 0.15) is 5.82 Å². The van der Waals surface area contributed by atoms with Crippen molar-refractivity contribution >= 4 is 22.5 Å². The number of piperidine rings is 1. The summed E-state index contributed by atoms with van der Waals surface area (Å²) in [4.78, 5) is 18.6. The third-order valence-corrected chi connectivity index (χ3v) is 4.56. The van der Waals surface area contributed by atoms with Crippen molar-refractivity contribution in [1.29, 1.82) is 0 Å². The van der Waals surface area contributed by atoms with Crippen molar-refractivity contribution < 1.29 is 14.3 Å². The SMILES string of the molecule is O=C(Nc1ncc(-c2ccccc2F)s1)N1CCC(O)CC1. The predicted molar refractivity (Wildman–Crippen MR) is 83.3 cm³/mol. The lowest BCUT2D eigenvalue weighted by Crippen LogP contribution is -2.42. The molecule has 2 amide bonds. The Morgan fingerprint density at radius 2 is 2.09 bits per heavy atom. The number of aliphatic hydroxyl groups excluding tert-OH is 1. The Balaban J connectivity index is 1.67. The number of urea groups is 1. The molecule has 7 heteroatoms. The van der Waals surface area contributed by atoms with Crippen molar-refractivity contribution in [3.63, 3.8) is 0 Å². The molecule has 116 valence electrons. The van der Waals surface area contributed by atoms with E-state index in [2.05, 4.69) is 10.3 Å². The van der Waals surface area contributed by atoms with Crippen LogP contribution in [0.3, 0.4) is 0 Å². The summed E-state index contributed by atoms with van der Waals surface area (Å²) < 4.78 is 13.7. The second-order valence-electron chi connectivity index (χ2n) is 5.16. The number of thiazole rings is 1. The second kappa shape index (κ2) is 6.41. The molecule has 1 aromatic heterocycles. The average molecular weight is 321 g/mol. The number of amides is 2. The van der Waals surface area contributed by atoms with Gasteiger partial charge in [-0.2, -0.15) is 0 Å². The first-order chi connectivity index (χ1) is 10.6. The molecule has 2 aromatic rings. The summed E-state index contributed by atoms with van der Waals surface area (Å²) >= 11 is 1.23. The molecule has 0 aliphatic carbocycles. The van der Waals surface area contributed by atoms with Crippen LogP contribution in [0, 0.1) is 5.82 Å². The zero-order valence-electron chi connectivity index (χ0n) is 11.8. The number of aromatic nitrogens is 1. The van der Waals surface area contributed by atoms with Crippen LogP contribution in [-0.2, 0) is 0 Å². The fourth-order valence-corrected chi connectivity index (χ4v) is 3.19. The van der Waals surface area contributed by atoms with E-state index in [0.29, 0.717) is 41.5 Å². The maximum atomic E-state index is 13.7. The molecule has 0 spiro atoms. The van der Waals surface area contributed by atoms with Gasteiger partial charge in [-0.1, -0.05) is 29.5 Å². The lowest BCUT2D eigenvalue weighted by Gasteiger charge is -2.29. The zero-order valence-corrected chi connectivity index (χ0v) is 12.6. The van der Waals surface area contributed by atoms with Crippen LogP contribution < -0.4 is 5.32 Å². The Bertz CT molecular complexity index is 668. The molecule has 3 rings (SSSR count). The molecule has 0 unspecified atom stereocenters. The monoisotopic (exact) mass is 321 g/mol. The molecule has 1 aliphatic rings. The fraction of sp³-hybridized carbons (Fsp3) is 0.333. The van der Waals surface area contributed by atoms with E-state index in [0.717, 1.165) is 0 Å². The Morgan fingerprint density at radius 1 is 1.36 bits per heavy atom. The van der Waals surface area contributed by atoms with Crippen molar-refractivity contribution in [1.82, 2.24) is 9.88 Å². The van der Waals surface area contributed by atoms with Crippen LogP contribution in [0.25, 0.3) is 10.4 Å². The Kier molecular flexibility index (Phi) is 4.35. The number of nitrogens with one attached hydrogen (secondary N) is 1. The molecule has 0 bridgehead atoms. The summed E-state index contributed by atoms with van der Waals surface area (Å²) in [5, 5.41) is 12.6. The molecule has 0 atom stereocenters. The molecule has 22 heavy (non-hydrogen) atoms. The van der Waals surface area contributed by atoms with Crippen molar-refractivity contribution in [2.45, 2.75) is 18.9 Å². The highest BCUT2D eigenvalue weighted by Crippen LogP contribution is 2.30. The largest absolute Gasteiger partial charge is 0.393 e. The summed E-state index contributed by atoms with van der Waals surface area (Å²) in [7, 11) is 0. The van der Waals surface area contributed by atoms with Gasteiger partial charge in [0.25, 0.3) is 0 Å². The number of nitrogens with zero attached hydrogens (tertiary/aromatic N) is 2. The van der Waals surface area contributed by atoms with E-state index in [1.165, 1.54) is 17.4 Å². The minimum absolute atomic E-state index is 0.235. The number of hydrogen-bond acceptors (Lipinski definition) is 4. The molecule has 0 saturated carbocycles. The maximum Gasteiger partial charge on any atom is 0.323 e. The fourth-order valence-electron chi connectivity index (χ4n) is 2.36. The van der Waals surface area contributed by atoms with E-state index in [-0.39, 0.29) is 18.0 Å². The van der Waals surface area contributed by atoms with Crippen LogP contribution >= 0.6 is 11.3 Å². The van der Waals surface area contributed by atoms with Gasteiger partial charge in [-0.25, -0.2) is 14.2 Å². The van der Waals surface area contributed by atoms with E-state index in [1.807, 2.05) is 0 Å². The van der Waals surface area contributed by atoms with E-state index < -0.39 is 0 Å². The number of hydrogen-bond donors (Lipinski definition) is 2. The molecule has 1 fully saturated rings. The molecule has 1 saturated heterocycles. The van der Waals surface area contributed by atoms with Gasteiger partial charge in [0.05, 0.1) is 11.0 Å². The number of anilines is 1. The predicted octanol–water partition coefficient (Wildman–Crippen LogP) is 2.94. The van der Waals surface area contributed by atoms with Crippen LogP contribution in [0.1, 0.15) is 12.8 Å². The van der Waals surface area contributed by atoms with E-state index in [4.69, 9.17) is 0 Å². The molecule has 2 heterocycles. The molecular weight excluding hydrogens is 305 g/mol. The van der Waals surface area contributed by atoms with Gasteiger partial charge in [-0.05, 0) is 18.9 Å². The third kappa shape index (κ3) is 3.26. The van der Waals surface area contributed by atoms with Gasteiger partial charge in [-0.15, -0.1) is 0 Å². The Labute approximate surface area is 131 Å². The van der Waals surface area contributed by atoms with Gasteiger partial charge in [0.2, 0.25) is 0 Å². The summed E-state index contributed by atoms with van der Waals surface area (Å²) in [5.41, 5.74) is 0.474. The molecular formula is C15H16FN3O2S. The molecule has 1 aliphatic heterocycles. The first-order valence-electron chi connectivity index (χ1n) is 7.08. The van der Waals surface area contributed by atoms with Gasteiger partial charge in [-0.3, -0.25) is 5.32 Å². The van der Waals surface area contributed by atoms with Crippen LogP contribution in [0.5, 0.6) is 0 Å². The standard InChI is InChI=1S/C15H16FN3O2S/c16-12-4-2-1-3-11(12)13-9-17-14(22-13)18-15(21)19-7-5-10(20)6-8-19/h1-4,9-10,20H,5-8H2,(H,17,18,21). The molecule has 5 nitrogen and oxygen atoms in total. The summed E-state index contributed by atoms with van der Waals surface area (Å²) in [6.45, 7) is 1.05. The van der Waals surface area contributed by atoms with Crippen molar-refractivity contribution in [3.8, 4) is 10.4 Å². The van der Waals surface area contributed by atoms with Crippen LogP contribution in [0.15, 0.2) is 30.5 Å². The second-order valence-corrected chi connectivity index (χ2v) is 6.19. The number of aliphatic hydroxyl groups is 1. The summed E-state index contributed by atoms with van der Waals surface area (Å²) in [6, 6.07) is 6.23. The van der Waals surface area contributed by atoms with Crippen LogP contribution in [0.2, 0.25) is 0 Å². The topological polar surface area (TPSA) is 65.5 Å². The number of rotatable bonds is 2.